The lowest BCUT2D eigenvalue weighted by molar-refractivity contribution is 0.218. The number of hydrogen-bond acceptors (Lipinski definition) is 3. The van der Waals surface area contributed by atoms with Gasteiger partial charge in [-0.05, 0) is 48.4 Å². The van der Waals surface area contributed by atoms with Gasteiger partial charge >= 0.3 is 0 Å². The van der Waals surface area contributed by atoms with Crippen LogP contribution in [0.25, 0.3) is 0 Å². The van der Waals surface area contributed by atoms with E-state index in [0.717, 1.165) is 5.56 Å². The zero-order chi connectivity index (χ0) is 15.6. The number of aromatic hydroxyl groups is 1. The second-order valence-corrected chi connectivity index (χ2v) is 6.33. The minimum absolute atomic E-state index is 0.193. The summed E-state index contributed by atoms with van der Waals surface area (Å²) in [4.78, 5) is 0. The van der Waals surface area contributed by atoms with Crippen LogP contribution in [-0.4, -0.2) is 10.2 Å². The predicted molar refractivity (Wildman–Crippen MR) is 84.3 cm³/mol. The van der Waals surface area contributed by atoms with Gasteiger partial charge < -0.3 is 14.9 Å². The molecule has 112 valence electrons. The molecule has 3 nitrogen and oxygen atoms in total. The van der Waals surface area contributed by atoms with Crippen LogP contribution in [0.1, 0.15) is 30.9 Å². The largest absolute Gasteiger partial charge is 0.508 e. The van der Waals surface area contributed by atoms with Crippen LogP contribution < -0.4 is 4.74 Å². The Balaban J connectivity index is 2.21. The highest BCUT2D eigenvalue weighted by Crippen LogP contribution is 2.34. The van der Waals surface area contributed by atoms with E-state index in [1.165, 1.54) is 0 Å². The Morgan fingerprint density at radius 3 is 2.10 bits per heavy atom. The fourth-order valence-electron chi connectivity index (χ4n) is 1.92. The summed E-state index contributed by atoms with van der Waals surface area (Å²) < 4.78 is 3.80. The Kier molecular flexibility index (Phi) is 4.67. The van der Waals surface area contributed by atoms with E-state index in [1.807, 2.05) is 13.8 Å². The number of aliphatic hydroxyl groups is 1. The van der Waals surface area contributed by atoms with E-state index in [-0.39, 0.29) is 11.7 Å². The van der Waals surface area contributed by atoms with Gasteiger partial charge in [0.05, 0.1) is 0 Å². The Morgan fingerprint density at radius 2 is 1.57 bits per heavy atom. The third kappa shape index (κ3) is 4.03. The number of halogens is 2. The molecule has 0 heterocycles. The summed E-state index contributed by atoms with van der Waals surface area (Å²) in [7, 11) is 0. The fraction of sp³-hybridized carbons (Fsp3) is 0.250. The lowest BCUT2D eigenvalue weighted by Crippen LogP contribution is -2.07. The van der Waals surface area contributed by atoms with Crippen molar-refractivity contribution in [2.24, 2.45) is 0 Å². The monoisotopic (exact) mass is 326 g/mol. The maximum Gasteiger partial charge on any atom is 0.241 e. The number of phenols is 1. The van der Waals surface area contributed by atoms with Crippen molar-refractivity contribution in [3.05, 3.63) is 53.6 Å². The van der Waals surface area contributed by atoms with Gasteiger partial charge in [-0.25, -0.2) is 0 Å². The first-order valence-electron chi connectivity index (χ1n) is 6.49. The van der Waals surface area contributed by atoms with Gasteiger partial charge in [-0.1, -0.05) is 37.0 Å². The number of rotatable bonds is 4. The zero-order valence-electron chi connectivity index (χ0n) is 11.7. The first-order valence-corrected chi connectivity index (χ1v) is 7.24. The molecule has 0 radical (unpaired) electrons. The molecule has 0 fully saturated rings. The molecular weight excluding hydrogens is 311 g/mol. The van der Waals surface area contributed by atoms with Crippen molar-refractivity contribution in [3.8, 4) is 17.2 Å². The molecule has 0 atom stereocenters. The van der Waals surface area contributed by atoms with Gasteiger partial charge in [-0.2, -0.15) is 0 Å². The van der Waals surface area contributed by atoms with Crippen LogP contribution in [0.5, 0.6) is 17.2 Å². The van der Waals surface area contributed by atoms with Crippen LogP contribution in [0.2, 0.25) is 0 Å². The van der Waals surface area contributed by atoms with E-state index < -0.39 is 4.52 Å². The molecular formula is C16H16Cl2O3. The number of alkyl halides is 2. The molecule has 0 aliphatic heterocycles. The van der Waals surface area contributed by atoms with Gasteiger partial charge in [-0.15, -0.1) is 0 Å². The first-order chi connectivity index (χ1) is 9.77. The summed E-state index contributed by atoms with van der Waals surface area (Å²) in [5.41, 5.74) is 1.19. The molecule has 0 saturated heterocycles. The van der Waals surface area contributed by atoms with Crippen molar-refractivity contribution in [3.63, 3.8) is 0 Å². The van der Waals surface area contributed by atoms with Crippen molar-refractivity contribution in [2.75, 3.05) is 0 Å². The minimum Gasteiger partial charge on any atom is -0.508 e. The van der Waals surface area contributed by atoms with Crippen molar-refractivity contribution in [1.29, 1.82) is 0 Å². The number of benzene rings is 2. The van der Waals surface area contributed by atoms with E-state index in [1.54, 1.807) is 42.5 Å². The SMILES string of the molecule is CC(C)c1cc(Oc2ccc(C(O)(Cl)Cl)cc2)ccc1O. The average molecular weight is 327 g/mol. The maximum atomic E-state index is 9.78. The summed E-state index contributed by atoms with van der Waals surface area (Å²) in [6.07, 6.45) is 0. The van der Waals surface area contributed by atoms with Gasteiger partial charge in [0.25, 0.3) is 0 Å². The lowest BCUT2D eigenvalue weighted by atomic mass is 10.0. The van der Waals surface area contributed by atoms with Crippen LogP contribution >= 0.6 is 23.2 Å². The Labute approximate surface area is 133 Å². The highest BCUT2D eigenvalue weighted by molar-refractivity contribution is 6.46. The zero-order valence-corrected chi connectivity index (χ0v) is 13.2. The summed E-state index contributed by atoms with van der Waals surface area (Å²) >= 11 is 11.2. The van der Waals surface area contributed by atoms with Gasteiger partial charge in [-0.3, -0.25) is 0 Å². The van der Waals surface area contributed by atoms with Crippen LogP contribution in [0.3, 0.4) is 0 Å². The highest BCUT2D eigenvalue weighted by atomic mass is 35.5. The molecule has 0 saturated carbocycles. The van der Waals surface area contributed by atoms with E-state index >= 15 is 0 Å². The summed E-state index contributed by atoms with van der Waals surface area (Å²) in [5.74, 6) is 1.65. The number of ether oxygens (including phenoxy) is 1. The van der Waals surface area contributed by atoms with Gasteiger partial charge in [0, 0.05) is 11.1 Å². The number of hydrogen-bond donors (Lipinski definition) is 2. The van der Waals surface area contributed by atoms with Crippen molar-refractivity contribution >= 4 is 23.2 Å². The summed E-state index contributed by atoms with van der Waals surface area (Å²) in [5, 5.41) is 19.2. The van der Waals surface area contributed by atoms with E-state index in [4.69, 9.17) is 27.9 Å². The predicted octanol–water partition coefficient (Wildman–Crippen LogP) is 4.89. The molecule has 0 amide bonds. The number of phenolic OH excluding ortho intramolecular Hbond substituents is 1. The van der Waals surface area contributed by atoms with Crippen molar-refractivity contribution in [2.45, 2.75) is 24.3 Å². The lowest BCUT2D eigenvalue weighted by Gasteiger charge is -2.14. The summed E-state index contributed by atoms with van der Waals surface area (Å²) in [6.45, 7) is 3.99. The molecule has 2 aromatic carbocycles. The third-order valence-electron chi connectivity index (χ3n) is 3.06. The van der Waals surface area contributed by atoms with E-state index in [9.17, 15) is 10.2 Å². The maximum absolute atomic E-state index is 9.78. The Hall–Kier alpha value is -1.42. The van der Waals surface area contributed by atoms with Crippen LogP contribution in [0.15, 0.2) is 42.5 Å². The van der Waals surface area contributed by atoms with Crippen LogP contribution in [0, 0.1) is 0 Å². The molecule has 0 aromatic heterocycles. The smallest absolute Gasteiger partial charge is 0.241 e. The Bertz CT molecular complexity index is 616. The third-order valence-corrected chi connectivity index (χ3v) is 3.49. The molecule has 2 N–H and O–H groups in total. The molecule has 0 bridgehead atoms. The molecule has 0 aliphatic rings. The highest BCUT2D eigenvalue weighted by Gasteiger charge is 2.21. The first kappa shape index (κ1) is 16.0. The molecule has 5 heteroatoms. The molecule has 21 heavy (non-hydrogen) atoms. The van der Waals surface area contributed by atoms with Crippen molar-refractivity contribution in [1.82, 2.24) is 0 Å². The average Bonchev–Trinajstić information content (AvgIpc) is 2.40. The second kappa shape index (κ2) is 6.14. The molecule has 0 spiro atoms. The van der Waals surface area contributed by atoms with E-state index in [2.05, 4.69) is 0 Å². The second-order valence-electron chi connectivity index (χ2n) is 5.04. The normalized spacial score (nSPS) is 11.7. The topological polar surface area (TPSA) is 49.7 Å². The molecule has 2 rings (SSSR count). The van der Waals surface area contributed by atoms with Gasteiger partial charge in [0.1, 0.15) is 17.2 Å². The van der Waals surface area contributed by atoms with E-state index in [0.29, 0.717) is 17.1 Å². The quantitative estimate of drug-likeness (QED) is 0.786. The van der Waals surface area contributed by atoms with Crippen LogP contribution in [0.4, 0.5) is 0 Å². The molecule has 2 aromatic rings. The standard InChI is InChI=1S/C16H16Cl2O3/c1-10(2)14-9-13(7-8-15(14)19)21-12-5-3-11(4-6-12)16(17,18)20/h3-10,19-20H,1-2H3. The fourth-order valence-corrected chi connectivity index (χ4v) is 2.17. The van der Waals surface area contributed by atoms with Crippen molar-refractivity contribution < 1.29 is 14.9 Å². The summed E-state index contributed by atoms with van der Waals surface area (Å²) in [6, 6.07) is 11.6. The van der Waals surface area contributed by atoms with Gasteiger partial charge in [0.2, 0.25) is 4.52 Å². The Morgan fingerprint density at radius 1 is 1.00 bits per heavy atom. The minimum atomic E-state index is -1.91. The van der Waals surface area contributed by atoms with Crippen LogP contribution in [-0.2, 0) is 4.52 Å². The molecule has 0 aliphatic carbocycles. The van der Waals surface area contributed by atoms with Gasteiger partial charge in [0.15, 0.2) is 0 Å². The molecule has 0 unspecified atom stereocenters.